The van der Waals surface area contributed by atoms with E-state index >= 15 is 0 Å². The Morgan fingerprint density at radius 1 is 1.38 bits per heavy atom. The summed E-state index contributed by atoms with van der Waals surface area (Å²) in [5, 5.41) is 3.60. The van der Waals surface area contributed by atoms with Crippen molar-refractivity contribution >= 4 is 0 Å². The van der Waals surface area contributed by atoms with E-state index in [-0.39, 0.29) is 0 Å². The Balaban J connectivity index is 1.83. The fraction of sp³-hybridized carbons (Fsp3) is 0.833. The molecule has 1 nitrogen and oxygen atoms in total. The fourth-order valence-corrected chi connectivity index (χ4v) is 2.97. The zero-order chi connectivity index (χ0) is 9.26. The predicted molar refractivity (Wildman–Crippen MR) is 56.6 cm³/mol. The molecular formula is C12H21N. The summed E-state index contributed by atoms with van der Waals surface area (Å²) in [5.41, 5.74) is 0. The highest BCUT2D eigenvalue weighted by atomic mass is 14.9. The van der Waals surface area contributed by atoms with Crippen molar-refractivity contribution in [1.82, 2.24) is 5.32 Å². The first-order chi connectivity index (χ1) is 6.35. The lowest BCUT2D eigenvalue weighted by Crippen LogP contribution is -2.35. The van der Waals surface area contributed by atoms with Crippen molar-refractivity contribution in [3.63, 3.8) is 0 Å². The van der Waals surface area contributed by atoms with Gasteiger partial charge in [0.2, 0.25) is 0 Å². The lowest BCUT2D eigenvalue weighted by molar-refractivity contribution is 0.341. The largest absolute Gasteiger partial charge is 0.314 e. The summed E-state index contributed by atoms with van der Waals surface area (Å²) in [6, 6.07) is 0.718. The van der Waals surface area contributed by atoms with Gasteiger partial charge in [-0.1, -0.05) is 13.0 Å². The summed E-state index contributed by atoms with van der Waals surface area (Å²) < 4.78 is 0. The third kappa shape index (κ3) is 1.96. The second-order valence-corrected chi connectivity index (χ2v) is 4.68. The summed E-state index contributed by atoms with van der Waals surface area (Å²) in [7, 11) is 0. The van der Waals surface area contributed by atoms with Gasteiger partial charge in [0.25, 0.3) is 0 Å². The molecule has 0 bridgehead atoms. The minimum atomic E-state index is 0.718. The van der Waals surface area contributed by atoms with E-state index in [2.05, 4.69) is 24.9 Å². The SMILES string of the molecule is C=CCC(NCC)C1CC2CC2C1. The van der Waals surface area contributed by atoms with Gasteiger partial charge in [-0.15, -0.1) is 6.58 Å². The van der Waals surface area contributed by atoms with Gasteiger partial charge in [0.05, 0.1) is 0 Å². The van der Waals surface area contributed by atoms with Crippen LogP contribution in [-0.2, 0) is 0 Å². The first-order valence-corrected chi connectivity index (χ1v) is 5.69. The monoisotopic (exact) mass is 179 g/mol. The molecular weight excluding hydrogens is 158 g/mol. The Morgan fingerprint density at radius 3 is 2.62 bits per heavy atom. The second-order valence-electron chi connectivity index (χ2n) is 4.68. The number of hydrogen-bond donors (Lipinski definition) is 1. The Kier molecular flexibility index (Phi) is 2.73. The van der Waals surface area contributed by atoms with Gasteiger partial charge in [-0.25, -0.2) is 0 Å². The highest BCUT2D eigenvalue weighted by Gasteiger charge is 2.47. The van der Waals surface area contributed by atoms with Gasteiger partial charge in [0.15, 0.2) is 0 Å². The topological polar surface area (TPSA) is 12.0 Å². The Bertz CT molecular complexity index is 178. The summed E-state index contributed by atoms with van der Waals surface area (Å²) in [6.45, 7) is 7.15. The van der Waals surface area contributed by atoms with Crippen molar-refractivity contribution in [1.29, 1.82) is 0 Å². The minimum Gasteiger partial charge on any atom is -0.314 e. The van der Waals surface area contributed by atoms with Gasteiger partial charge in [0, 0.05) is 6.04 Å². The van der Waals surface area contributed by atoms with Crippen molar-refractivity contribution in [3.05, 3.63) is 12.7 Å². The smallest absolute Gasteiger partial charge is 0.0130 e. The summed E-state index contributed by atoms with van der Waals surface area (Å²) in [4.78, 5) is 0. The molecule has 1 N–H and O–H groups in total. The fourth-order valence-electron chi connectivity index (χ4n) is 2.97. The molecule has 3 unspecified atom stereocenters. The van der Waals surface area contributed by atoms with E-state index in [9.17, 15) is 0 Å². The molecule has 2 fully saturated rings. The molecule has 2 rings (SSSR count). The van der Waals surface area contributed by atoms with Crippen LogP contribution >= 0.6 is 0 Å². The highest BCUT2D eigenvalue weighted by molar-refractivity contribution is 5.00. The maximum absolute atomic E-state index is 3.84. The molecule has 1 heteroatoms. The highest BCUT2D eigenvalue weighted by Crippen LogP contribution is 2.55. The number of hydrogen-bond acceptors (Lipinski definition) is 1. The van der Waals surface area contributed by atoms with Crippen LogP contribution in [0.4, 0.5) is 0 Å². The molecule has 0 aromatic heterocycles. The molecule has 0 saturated heterocycles. The molecule has 74 valence electrons. The normalized spacial score (nSPS) is 38.4. The Labute approximate surface area is 81.6 Å². The van der Waals surface area contributed by atoms with Crippen molar-refractivity contribution in [2.75, 3.05) is 6.54 Å². The molecule has 3 atom stereocenters. The summed E-state index contributed by atoms with van der Waals surface area (Å²) >= 11 is 0. The molecule has 0 aliphatic heterocycles. The van der Waals surface area contributed by atoms with Crippen LogP contribution in [0.5, 0.6) is 0 Å². The van der Waals surface area contributed by atoms with Crippen LogP contribution in [0.25, 0.3) is 0 Å². The molecule has 0 spiro atoms. The maximum atomic E-state index is 3.84. The minimum absolute atomic E-state index is 0.718. The first-order valence-electron chi connectivity index (χ1n) is 5.69. The quantitative estimate of drug-likeness (QED) is 0.640. The van der Waals surface area contributed by atoms with E-state index in [1.165, 1.54) is 19.3 Å². The average molecular weight is 179 g/mol. The van der Waals surface area contributed by atoms with Gasteiger partial charge >= 0.3 is 0 Å². The first kappa shape index (κ1) is 9.26. The predicted octanol–water partition coefficient (Wildman–Crippen LogP) is 2.59. The van der Waals surface area contributed by atoms with Gasteiger partial charge in [-0.2, -0.15) is 0 Å². The summed E-state index contributed by atoms with van der Waals surface area (Å²) in [6.07, 6.45) is 7.71. The van der Waals surface area contributed by atoms with Crippen LogP contribution in [0.15, 0.2) is 12.7 Å². The van der Waals surface area contributed by atoms with E-state index in [1.54, 1.807) is 0 Å². The van der Waals surface area contributed by atoms with Gasteiger partial charge in [0.1, 0.15) is 0 Å². The Hall–Kier alpha value is -0.300. The zero-order valence-corrected chi connectivity index (χ0v) is 8.63. The molecule has 0 aromatic carbocycles. The van der Waals surface area contributed by atoms with Crippen LogP contribution in [0.1, 0.15) is 32.6 Å². The third-order valence-corrected chi connectivity index (χ3v) is 3.74. The van der Waals surface area contributed by atoms with Crippen LogP contribution in [0.2, 0.25) is 0 Å². The average Bonchev–Trinajstić information content (AvgIpc) is 2.73. The molecule has 0 heterocycles. The van der Waals surface area contributed by atoms with Crippen molar-refractivity contribution in [3.8, 4) is 0 Å². The van der Waals surface area contributed by atoms with Crippen molar-refractivity contribution in [2.45, 2.75) is 38.6 Å². The van der Waals surface area contributed by atoms with E-state index in [0.29, 0.717) is 0 Å². The van der Waals surface area contributed by atoms with Gasteiger partial charge < -0.3 is 5.32 Å². The standard InChI is InChI=1S/C12H21N/c1-3-5-12(13-4-2)11-7-9-6-10(9)8-11/h3,9-13H,1,4-8H2,2H3. The number of nitrogens with one attached hydrogen (secondary N) is 1. The molecule has 13 heavy (non-hydrogen) atoms. The molecule has 0 amide bonds. The number of fused-ring (bicyclic) bond motifs is 1. The molecule has 0 radical (unpaired) electrons. The lowest BCUT2D eigenvalue weighted by Gasteiger charge is -2.24. The molecule has 2 saturated carbocycles. The van der Waals surface area contributed by atoms with E-state index in [4.69, 9.17) is 0 Å². The van der Waals surface area contributed by atoms with Crippen molar-refractivity contribution in [2.24, 2.45) is 17.8 Å². The van der Waals surface area contributed by atoms with Crippen LogP contribution in [0, 0.1) is 17.8 Å². The van der Waals surface area contributed by atoms with Crippen LogP contribution in [0.3, 0.4) is 0 Å². The van der Waals surface area contributed by atoms with Crippen LogP contribution < -0.4 is 5.32 Å². The zero-order valence-electron chi connectivity index (χ0n) is 8.63. The van der Waals surface area contributed by atoms with E-state index < -0.39 is 0 Å². The van der Waals surface area contributed by atoms with Crippen LogP contribution in [-0.4, -0.2) is 12.6 Å². The maximum Gasteiger partial charge on any atom is 0.0130 e. The number of rotatable bonds is 5. The third-order valence-electron chi connectivity index (χ3n) is 3.74. The lowest BCUT2D eigenvalue weighted by atomic mass is 9.92. The second kappa shape index (κ2) is 3.83. The molecule has 0 aromatic rings. The Morgan fingerprint density at radius 2 is 2.08 bits per heavy atom. The molecule has 2 aliphatic rings. The van der Waals surface area contributed by atoms with E-state index in [1.807, 2.05) is 0 Å². The van der Waals surface area contributed by atoms with Gasteiger partial charge in [-0.3, -0.25) is 0 Å². The van der Waals surface area contributed by atoms with Crippen molar-refractivity contribution < 1.29 is 0 Å². The molecule has 2 aliphatic carbocycles. The van der Waals surface area contributed by atoms with E-state index in [0.717, 1.165) is 36.8 Å². The summed E-state index contributed by atoms with van der Waals surface area (Å²) in [5.74, 6) is 3.16. The van der Waals surface area contributed by atoms with Gasteiger partial charge in [-0.05, 0) is 50.0 Å².